The third-order valence-corrected chi connectivity index (χ3v) is 1.89. The van der Waals surface area contributed by atoms with E-state index in [1.165, 1.54) is 9.20 Å². The van der Waals surface area contributed by atoms with Crippen LogP contribution in [0.4, 0.5) is 0 Å². The van der Waals surface area contributed by atoms with E-state index in [1.54, 1.807) is 25.3 Å². The molecule has 0 aromatic carbocycles. The Hall–Kier alpha value is -1.30. The summed E-state index contributed by atoms with van der Waals surface area (Å²) in [6, 6.07) is 3.45. The van der Waals surface area contributed by atoms with Crippen molar-refractivity contribution < 1.29 is 0 Å². The van der Waals surface area contributed by atoms with E-state index in [0.717, 1.165) is 0 Å². The molecule has 0 N–H and O–H groups in total. The molecule has 0 aliphatic heterocycles. The number of nitrogens with zero attached hydrogens (tertiary/aromatic N) is 4. The Kier molecular flexibility index (Phi) is 1.84. The quantitative estimate of drug-likeness (QED) is 0.669. The first-order valence-corrected chi connectivity index (χ1v) is 4.32. The van der Waals surface area contributed by atoms with Crippen LogP contribution in [0.15, 0.2) is 23.1 Å². The minimum Gasteiger partial charge on any atom is -0.244 e. The van der Waals surface area contributed by atoms with E-state index in [9.17, 15) is 4.79 Å². The molecule has 1 atom stereocenters. The van der Waals surface area contributed by atoms with Gasteiger partial charge in [-0.05, 0) is 19.1 Å². The molecule has 68 valence electrons. The van der Waals surface area contributed by atoms with Gasteiger partial charge in [0, 0.05) is 6.20 Å². The van der Waals surface area contributed by atoms with Crippen molar-refractivity contribution in [3.63, 3.8) is 0 Å². The van der Waals surface area contributed by atoms with E-state index in [1.807, 2.05) is 0 Å². The predicted molar refractivity (Wildman–Crippen MR) is 50.9 cm³/mol. The smallest absolute Gasteiger partial charge is 0.244 e. The number of hydrogen-bond acceptors (Lipinski definition) is 4. The van der Waals surface area contributed by atoms with Gasteiger partial charge in [0.05, 0.1) is 5.37 Å². The van der Waals surface area contributed by atoms with Crippen LogP contribution in [-0.4, -0.2) is 19.4 Å². The number of aromatic nitrogens is 4. The maximum atomic E-state index is 11.5. The molecular formula is C7H8N4OS. The van der Waals surface area contributed by atoms with E-state index in [0.29, 0.717) is 5.65 Å². The lowest BCUT2D eigenvalue weighted by Gasteiger charge is -1.98. The number of rotatable bonds is 1. The molecule has 0 amide bonds. The Balaban J connectivity index is 2.82. The van der Waals surface area contributed by atoms with Crippen LogP contribution in [0.2, 0.25) is 0 Å². The van der Waals surface area contributed by atoms with Gasteiger partial charge < -0.3 is 0 Å². The Morgan fingerprint density at radius 1 is 1.62 bits per heavy atom. The summed E-state index contributed by atoms with van der Waals surface area (Å²) in [6.07, 6.45) is 1.55. The first kappa shape index (κ1) is 8.31. The van der Waals surface area contributed by atoms with Crippen molar-refractivity contribution in [2.75, 3.05) is 0 Å². The summed E-state index contributed by atoms with van der Waals surface area (Å²) in [5, 5.41) is 7.67. The monoisotopic (exact) mass is 196 g/mol. The van der Waals surface area contributed by atoms with Crippen LogP contribution in [0.3, 0.4) is 0 Å². The summed E-state index contributed by atoms with van der Waals surface area (Å²) >= 11 is 4.13. The molecule has 5 nitrogen and oxygen atoms in total. The first-order valence-electron chi connectivity index (χ1n) is 3.81. The molecule has 6 heteroatoms. The van der Waals surface area contributed by atoms with Gasteiger partial charge in [-0.25, -0.2) is 4.79 Å². The molecular weight excluding hydrogens is 188 g/mol. The van der Waals surface area contributed by atoms with E-state index in [2.05, 4.69) is 22.8 Å². The molecule has 0 fully saturated rings. The molecule has 2 rings (SSSR count). The standard InChI is InChI=1S/C7H8N4OS/c1-5(13)10-7(12)11-6(9-10)3-2-4-8-11/h2-5,13H,1H3/t5-/m0/s1. The number of thiol groups is 1. The van der Waals surface area contributed by atoms with Crippen LogP contribution in [0.25, 0.3) is 5.65 Å². The zero-order valence-electron chi connectivity index (χ0n) is 6.95. The van der Waals surface area contributed by atoms with Crippen LogP contribution in [0, 0.1) is 0 Å². The lowest BCUT2D eigenvalue weighted by Crippen LogP contribution is -2.22. The second kappa shape index (κ2) is 2.88. The third-order valence-electron chi connectivity index (χ3n) is 1.67. The molecule has 2 heterocycles. The summed E-state index contributed by atoms with van der Waals surface area (Å²) in [5.41, 5.74) is 0.270. The Labute approximate surface area is 79.4 Å². The molecule has 0 radical (unpaired) electrons. The molecule has 13 heavy (non-hydrogen) atoms. The molecule has 0 bridgehead atoms. The highest BCUT2D eigenvalue weighted by Crippen LogP contribution is 2.04. The van der Waals surface area contributed by atoms with E-state index in [4.69, 9.17) is 0 Å². The zero-order chi connectivity index (χ0) is 9.42. The molecule has 0 aliphatic rings. The van der Waals surface area contributed by atoms with Crippen molar-refractivity contribution in [1.82, 2.24) is 19.4 Å². The van der Waals surface area contributed by atoms with Crippen molar-refractivity contribution in [3.05, 3.63) is 28.8 Å². The Morgan fingerprint density at radius 3 is 3.00 bits per heavy atom. The predicted octanol–water partition coefficient (Wildman–Crippen LogP) is 0.339. The topological polar surface area (TPSA) is 52.2 Å². The zero-order valence-corrected chi connectivity index (χ0v) is 7.85. The third kappa shape index (κ3) is 1.23. The Bertz CT molecular complexity index is 486. The average molecular weight is 196 g/mol. The summed E-state index contributed by atoms with van der Waals surface area (Å²) in [5.74, 6) is 0. The van der Waals surface area contributed by atoms with Crippen LogP contribution in [-0.2, 0) is 0 Å². The summed E-state index contributed by atoms with van der Waals surface area (Å²) in [4.78, 5) is 11.5. The van der Waals surface area contributed by atoms with Gasteiger partial charge in [-0.15, -0.1) is 5.10 Å². The molecule has 0 spiro atoms. The van der Waals surface area contributed by atoms with Gasteiger partial charge in [-0.2, -0.15) is 26.9 Å². The van der Waals surface area contributed by atoms with E-state index in [-0.39, 0.29) is 11.1 Å². The van der Waals surface area contributed by atoms with E-state index < -0.39 is 0 Å². The van der Waals surface area contributed by atoms with Crippen LogP contribution in [0.5, 0.6) is 0 Å². The van der Waals surface area contributed by atoms with Gasteiger partial charge in [0.25, 0.3) is 0 Å². The van der Waals surface area contributed by atoms with Gasteiger partial charge in [0.2, 0.25) is 0 Å². The lowest BCUT2D eigenvalue weighted by molar-refractivity contribution is 0.615. The minimum absolute atomic E-state index is 0.241. The normalized spacial score (nSPS) is 13.4. The first-order chi connectivity index (χ1) is 6.20. The highest BCUT2D eigenvalue weighted by molar-refractivity contribution is 7.80. The number of fused-ring (bicyclic) bond motifs is 1. The fourth-order valence-corrected chi connectivity index (χ4v) is 1.23. The SMILES string of the molecule is C[C@H](S)n1nc2cccnn2c1=O. The van der Waals surface area contributed by atoms with Crippen molar-refractivity contribution in [2.24, 2.45) is 0 Å². The second-order valence-corrected chi connectivity index (χ2v) is 3.40. The average Bonchev–Trinajstić information content (AvgIpc) is 2.45. The van der Waals surface area contributed by atoms with Crippen LogP contribution < -0.4 is 5.69 Å². The minimum atomic E-state index is -0.266. The van der Waals surface area contributed by atoms with Crippen molar-refractivity contribution in [1.29, 1.82) is 0 Å². The van der Waals surface area contributed by atoms with Crippen molar-refractivity contribution in [2.45, 2.75) is 12.3 Å². The fourth-order valence-electron chi connectivity index (χ4n) is 1.08. The maximum absolute atomic E-state index is 11.5. The van der Waals surface area contributed by atoms with Gasteiger partial charge >= 0.3 is 5.69 Å². The van der Waals surface area contributed by atoms with Gasteiger partial charge in [0.1, 0.15) is 0 Å². The Morgan fingerprint density at radius 2 is 2.38 bits per heavy atom. The second-order valence-electron chi connectivity index (χ2n) is 2.65. The number of hydrogen-bond donors (Lipinski definition) is 1. The van der Waals surface area contributed by atoms with Crippen LogP contribution in [0.1, 0.15) is 12.3 Å². The van der Waals surface area contributed by atoms with Gasteiger partial charge in [0.15, 0.2) is 5.65 Å². The molecule has 0 unspecified atom stereocenters. The molecule has 2 aromatic rings. The molecule has 0 aliphatic carbocycles. The maximum Gasteiger partial charge on any atom is 0.368 e. The summed E-state index contributed by atoms with van der Waals surface area (Å²) in [7, 11) is 0. The highest BCUT2D eigenvalue weighted by atomic mass is 32.1. The molecule has 2 aromatic heterocycles. The molecule has 0 saturated heterocycles. The lowest BCUT2D eigenvalue weighted by atomic mass is 10.6. The summed E-state index contributed by atoms with van der Waals surface area (Å²) < 4.78 is 2.53. The van der Waals surface area contributed by atoms with E-state index >= 15 is 0 Å². The largest absolute Gasteiger partial charge is 0.368 e. The van der Waals surface area contributed by atoms with Crippen molar-refractivity contribution >= 4 is 18.3 Å². The fraction of sp³-hybridized carbons (Fsp3) is 0.286. The highest BCUT2D eigenvalue weighted by Gasteiger charge is 2.09. The summed E-state index contributed by atoms with van der Waals surface area (Å²) in [6.45, 7) is 1.77. The van der Waals surface area contributed by atoms with Crippen molar-refractivity contribution in [3.8, 4) is 0 Å². The van der Waals surface area contributed by atoms with Crippen LogP contribution >= 0.6 is 12.6 Å². The van der Waals surface area contributed by atoms with Gasteiger partial charge in [-0.1, -0.05) is 0 Å². The van der Waals surface area contributed by atoms with Gasteiger partial charge in [-0.3, -0.25) is 0 Å². The molecule has 0 saturated carbocycles.